The summed E-state index contributed by atoms with van der Waals surface area (Å²) < 4.78 is 0. The van der Waals surface area contributed by atoms with Crippen molar-refractivity contribution >= 4 is 0 Å². The molecular weight excluding hydrogens is 170 g/mol. The first-order chi connectivity index (χ1) is 6.83. The van der Waals surface area contributed by atoms with Gasteiger partial charge in [-0.15, -0.1) is 0 Å². The first-order valence-corrected chi connectivity index (χ1v) is 5.60. The van der Waals surface area contributed by atoms with Crippen LogP contribution in [0.5, 0.6) is 0 Å². The summed E-state index contributed by atoms with van der Waals surface area (Å²) in [6.07, 6.45) is 3.89. The number of nitrogens with one attached hydrogen (secondary N) is 1. The van der Waals surface area contributed by atoms with Crippen molar-refractivity contribution in [2.75, 3.05) is 0 Å². The highest BCUT2D eigenvalue weighted by Gasteiger charge is 1.99. The highest BCUT2D eigenvalue weighted by molar-refractivity contribution is 5.14. The van der Waals surface area contributed by atoms with E-state index in [0.29, 0.717) is 6.04 Å². The van der Waals surface area contributed by atoms with Crippen LogP contribution in [0.1, 0.15) is 38.7 Å². The second-order valence-electron chi connectivity index (χ2n) is 3.91. The van der Waals surface area contributed by atoms with E-state index in [9.17, 15) is 0 Å². The molecule has 0 amide bonds. The fourth-order valence-electron chi connectivity index (χ4n) is 1.50. The number of hydrogen-bond donors (Lipinski definition) is 1. The third-order valence-electron chi connectivity index (χ3n) is 2.49. The summed E-state index contributed by atoms with van der Waals surface area (Å²) in [5.41, 5.74) is 1.37. The van der Waals surface area contributed by atoms with Crippen LogP contribution in [0, 0.1) is 0 Å². The molecule has 0 aliphatic heterocycles. The Morgan fingerprint density at radius 2 is 1.93 bits per heavy atom. The van der Waals surface area contributed by atoms with Gasteiger partial charge in [0.15, 0.2) is 0 Å². The minimum atomic E-state index is 0.634. The van der Waals surface area contributed by atoms with Crippen LogP contribution in [0.4, 0.5) is 0 Å². The normalized spacial score (nSPS) is 12.7. The molecule has 1 unspecified atom stereocenters. The van der Waals surface area contributed by atoms with Crippen molar-refractivity contribution in [3.05, 3.63) is 35.9 Å². The molecule has 1 heteroatoms. The zero-order valence-electron chi connectivity index (χ0n) is 9.29. The highest BCUT2D eigenvalue weighted by atomic mass is 14.9. The molecule has 0 fully saturated rings. The van der Waals surface area contributed by atoms with Crippen LogP contribution in [0.15, 0.2) is 30.3 Å². The molecule has 0 spiro atoms. The van der Waals surface area contributed by atoms with E-state index < -0.39 is 0 Å². The van der Waals surface area contributed by atoms with Gasteiger partial charge in [0.2, 0.25) is 0 Å². The molecule has 0 saturated carbocycles. The molecule has 0 radical (unpaired) electrons. The molecule has 1 aromatic rings. The average molecular weight is 191 g/mol. The molecular formula is C13H21N. The molecule has 1 aromatic carbocycles. The van der Waals surface area contributed by atoms with Crippen LogP contribution < -0.4 is 5.32 Å². The van der Waals surface area contributed by atoms with Crippen LogP contribution in [-0.2, 0) is 6.54 Å². The third kappa shape index (κ3) is 4.43. The predicted octanol–water partition coefficient (Wildman–Crippen LogP) is 3.35. The molecule has 0 aliphatic carbocycles. The zero-order chi connectivity index (χ0) is 10.2. The van der Waals surface area contributed by atoms with Gasteiger partial charge in [-0.1, -0.05) is 50.1 Å². The summed E-state index contributed by atoms with van der Waals surface area (Å²) in [5.74, 6) is 0. The van der Waals surface area contributed by atoms with Crippen molar-refractivity contribution in [3.8, 4) is 0 Å². The van der Waals surface area contributed by atoms with E-state index in [4.69, 9.17) is 0 Å². The molecule has 0 heterocycles. The Balaban J connectivity index is 2.20. The Kier molecular flexibility index (Phi) is 5.31. The summed E-state index contributed by atoms with van der Waals surface area (Å²) in [4.78, 5) is 0. The zero-order valence-corrected chi connectivity index (χ0v) is 9.29. The molecule has 1 N–H and O–H groups in total. The third-order valence-corrected chi connectivity index (χ3v) is 2.49. The molecule has 0 saturated heterocycles. The Morgan fingerprint density at radius 1 is 1.21 bits per heavy atom. The summed E-state index contributed by atoms with van der Waals surface area (Å²) in [6.45, 7) is 5.49. The maximum Gasteiger partial charge on any atom is 0.0207 e. The monoisotopic (exact) mass is 191 g/mol. The van der Waals surface area contributed by atoms with Crippen molar-refractivity contribution in [3.63, 3.8) is 0 Å². The quantitative estimate of drug-likeness (QED) is 0.727. The van der Waals surface area contributed by atoms with E-state index in [1.807, 2.05) is 0 Å². The van der Waals surface area contributed by atoms with Crippen LogP contribution in [0.25, 0.3) is 0 Å². The first kappa shape index (κ1) is 11.3. The molecule has 78 valence electrons. The number of unbranched alkanes of at least 4 members (excludes halogenated alkanes) is 1. The van der Waals surface area contributed by atoms with Crippen LogP contribution in [0.3, 0.4) is 0 Å². The van der Waals surface area contributed by atoms with Gasteiger partial charge >= 0.3 is 0 Å². The standard InChI is InChI=1S/C13H21N/c1-3-4-8-12(2)14-11-13-9-6-5-7-10-13/h5-7,9-10,12,14H,3-4,8,11H2,1-2H3. The largest absolute Gasteiger partial charge is 0.310 e. The van der Waals surface area contributed by atoms with Crippen LogP contribution >= 0.6 is 0 Å². The molecule has 1 atom stereocenters. The van der Waals surface area contributed by atoms with Crippen LogP contribution in [-0.4, -0.2) is 6.04 Å². The molecule has 1 nitrogen and oxygen atoms in total. The van der Waals surface area contributed by atoms with Crippen molar-refractivity contribution in [1.29, 1.82) is 0 Å². The van der Waals surface area contributed by atoms with Gasteiger partial charge < -0.3 is 5.32 Å². The lowest BCUT2D eigenvalue weighted by molar-refractivity contribution is 0.495. The van der Waals surface area contributed by atoms with E-state index >= 15 is 0 Å². The van der Waals surface area contributed by atoms with E-state index in [1.165, 1.54) is 24.8 Å². The Morgan fingerprint density at radius 3 is 2.57 bits per heavy atom. The number of rotatable bonds is 6. The maximum atomic E-state index is 3.53. The van der Waals surface area contributed by atoms with Crippen molar-refractivity contribution in [2.45, 2.75) is 45.7 Å². The van der Waals surface area contributed by atoms with Gasteiger partial charge in [-0.3, -0.25) is 0 Å². The number of benzene rings is 1. The average Bonchev–Trinajstić information content (AvgIpc) is 2.25. The lowest BCUT2D eigenvalue weighted by Crippen LogP contribution is -2.25. The van der Waals surface area contributed by atoms with Crippen molar-refractivity contribution in [2.24, 2.45) is 0 Å². The SMILES string of the molecule is CCCCC(C)NCc1ccccc1. The molecule has 0 aromatic heterocycles. The molecule has 0 aliphatic rings. The van der Waals surface area contributed by atoms with E-state index in [2.05, 4.69) is 49.5 Å². The number of hydrogen-bond acceptors (Lipinski definition) is 1. The second-order valence-corrected chi connectivity index (χ2v) is 3.91. The minimum Gasteiger partial charge on any atom is -0.310 e. The van der Waals surface area contributed by atoms with Gasteiger partial charge in [-0.25, -0.2) is 0 Å². The summed E-state index contributed by atoms with van der Waals surface area (Å²) in [7, 11) is 0. The lowest BCUT2D eigenvalue weighted by atomic mass is 10.1. The fraction of sp³-hybridized carbons (Fsp3) is 0.538. The van der Waals surface area contributed by atoms with Crippen LogP contribution in [0.2, 0.25) is 0 Å². The van der Waals surface area contributed by atoms with Gasteiger partial charge in [0.05, 0.1) is 0 Å². The first-order valence-electron chi connectivity index (χ1n) is 5.60. The van der Waals surface area contributed by atoms with E-state index in [-0.39, 0.29) is 0 Å². The Labute approximate surface area is 87.5 Å². The van der Waals surface area contributed by atoms with Crippen molar-refractivity contribution < 1.29 is 0 Å². The lowest BCUT2D eigenvalue weighted by Gasteiger charge is -2.12. The van der Waals surface area contributed by atoms with Gasteiger partial charge in [0.25, 0.3) is 0 Å². The van der Waals surface area contributed by atoms with Gasteiger partial charge in [0.1, 0.15) is 0 Å². The van der Waals surface area contributed by atoms with Gasteiger partial charge in [-0.05, 0) is 18.9 Å². The van der Waals surface area contributed by atoms with Crippen molar-refractivity contribution in [1.82, 2.24) is 5.32 Å². The summed E-state index contributed by atoms with van der Waals surface area (Å²) in [5, 5.41) is 3.53. The minimum absolute atomic E-state index is 0.634. The topological polar surface area (TPSA) is 12.0 Å². The van der Waals surface area contributed by atoms with Gasteiger partial charge in [0, 0.05) is 12.6 Å². The second kappa shape index (κ2) is 6.61. The fourth-order valence-corrected chi connectivity index (χ4v) is 1.50. The summed E-state index contributed by atoms with van der Waals surface area (Å²) in [6, 6.07) is 11.2. The maximum absolute atomic E-state index is 3.53. The molecule has 1 rings (SSSR count). The molecule has 0 bridgehead atoms. The predicted molar refractivity (Wildman–Crippen MR) is 62.3 cm³/mol. The van der Waals surface area contributed by atoms with E-state index in [1.54, 1.807) is 0 Å². The van der Waals surface area contributed by atoms with E-state index in [0.717, 1.165) is 6.54 Å². The smallest absolute Gasteiger partial charge is 0.0207 e. The highest BCUT2D eigenvalue weighted by Crippen LogP contribution is 2.02. The Bertz CT molecular complexity index is 230. The Hall–Kier alpha value is -0.820. The van der Waals surface area contributed by atoms with Gasteiger partial charge in [-0.2, -0.15) is 0 Å². The molecule has 14 heavy (non-hydrogen) atoms. The summed E-state index contributed by atoms with van der Waals surface area (Å²) >= 11 is 0.